The summed E-state index contributed by atoms with van der Waals surface area (Å²) in [6.45, 7) is 0.106. The van der Waals surface area contributed by atoms with Crippen molar-refractivity contribution in [2.75, 3.05) is 18.9 Å². The summed E-state index contributed by atoms with van der Waals surface area (Å²) in [5.74, 6) is -1.53. The molecule has 3 rings (SSSR count). The van der Waals surface area contributed by atoms with E-state index in [1.54, 1.807) is 0 Å². The second kappa shape index (κ2) is 7.33. The highest BCUT2D eigenvalue weighted by Gasteiger charge is 2.33. The van der Waals surface area contributed by atoms with E-state index >= 15 is 0 Å². The fourth-order valence-electron chi connectivity index (χ4n) is 2.50. The largest absolute Gasteiger partial charge is 0.439 e. The van der Waals surface area contributed by atoms with E-state index in [4.69, 9.17) is 4.74 Å². The van der Waals surface area contributed by atoms with Crippen LogP contribution in [0.25, 0.3) is 0 Å². The van der Waals surface area contributed by atoms with Gasteiger partial charge in [0.15, 0.2) is 0 Å². The minimum absolute atomic E-state index is 0.0552. The third kappa shape index (κ3) is 4.30. The fourth-order valence-corrected chi connectivity index (χ4v) is 2.50. The Labute approximate surface area is 156 Å². The van der Waals surface area contributed by atoms with E-state index in [0.717, 1.165) is 24.3 Å². The number of nitrogens with zero attached hydrogens (tertiary/aromatic N) is 2. The molecule has 1 aromatic heterocycles. The van der Waals surface area contributed by atoms with Gasteiger partial charge in [0.2, 0.25) is 11.8 Å². The van der Waals surface area contributed by atoms with Crippen molar-refractivity contribution in [3.63, 3.8) is 0 Å². The lowest BCUT2D eigenvalue weighted by atomic mass is 10.2. The molecule has 1 aromatic carbocycles. The zero-order chi connectivity index (χ0) is 20.5. The highest BCUT2D eigenvalue weighted by molar-refractivity contribution is 5.98. The number of hydrogen-bond acceptors (Lipinski definition) is 4. The summed E-state index contributed by atoms with van der Waals surface area (Å²) in [5.41, 5.74) is -0.893. The number of rotatable bonds is 4. The molecular formula is C17H14F4N4O3. The van der Waals surface area contributed by atoms with E-state index in [2.05, 4.69) is 15.6 Å². The van der Waals surface area contributed by atoms with Gasteiger partial charge in [0.05, 0.1) is 5.56 Å². The highest BCUT2D eigenvalue weighted by Crippen LogP contribution is 2.30. The van der Waals surface area contributed by atoms with Gasteiger partial charge in [-0.1, -0.05) is 0 Å². The van der Waals surface area contributed by atoms with Crippen LogP contribution in [0.3, 0.4) is 0 Å². The van der Waals surface area contributed by atoms with Crippen molar-refractivity contribution in [3.05, 3.63) is 47.9 Å². The third-order valence-corrected chi connectivity index (χ3v) is 3.96. The summed E-state index contributed by atoms with van der Waals surface area (Å²) < 4.78 is 56.8. The number of anilines is 1. The summed E-state index contributed by atoms with van der Waals surface area (Å²) in [4.78, 5) is 28.4. The molecule has 1 unspecified atom stereocenters. The Kier molecular flexibility index (Phi) is 5.08. The van der Waals surface area contributed by atoms with Crippen molar-refractivity contribution in [2.45, 2.75) is 12.2 Å². The quantitative estimate of drug-likeness (QED) is 0.776. The van der Waals surface area contributed by atoms with Crippen molar-refractivity contribution in [1.29, 1.82) is 0 Å². The molecule has 1 fully saturated rings. The zero-order valence-corrected chi connectivity index (χ0v) is 14.4. The fraction of sp³-hybridized carbons (Fsp3) is 0.235. The second-order valence-corrected chi connectivity index (χ2v) is 5.96. The van der Waals surface area contributed by atoms with Gasteiger partial charge in [-0.15, -0.1) is 0 Å². The Morgan fingerprint density at radius 2 is 2.07 bits per heavy atom. The van der Waals surface area contributed by atoms with Gasteiger partial charge in [0.1, 0.15) is 17.6 Å². The van der Waals surface area contributed by atoms with Gasteiger partial charge >= 0.3 is 12.2 Å². The molecule has 1 aliphatic rings. The molecule has 28 heavy (non-hydrogen) atoms. The topological polar surface area (TPSA) is 83.6 Å². The number of carbonyl (C=O) groups excluding carboxylic acids is 2. The van der Waals surface area contributed by atoms with Crippen molar-refractivity contribution in [1.82, 2.24) is 15.2 Å². The second-order valence-electron chi connectivity index (χ2n) is 5.96. The third-order valence-electron chi connectivity index (χ3n) is 3.96. The summed E-state index contributed by atoms with van der Waals surface area (Å²) >= 11 is 0. The minimum atomic E-state index is -4.54. The van der Waals surface area contributed by atoms with Gasteiger partial charge in [-0.2, -0.15) is 13.2 Å². The molecular weight excluding hydrogens is 384 g/mol. The van der Waals surface area contributed by atoms with Gasteiger partial charge in [-0.25, -0.2) is 14.2 Å². The van der Waals surface area contributed by atoms with Crippen LogP contribution in [0.5, 0.6) is 11.6 Å². The summed E-state index contributed by atoms with van der Waals surface area (Å²) in [7, 11) is 1.45. The number of nitrogens with one attached hydrogen (secondary N) is 2. The summed E-state index contributed by atoms with van der Waals surface area (Å²) in [6.07, 6.45) is -3.94. The maximum absolute atomic E-state index is 13.8. The van der Waals surface area contributed by atoms with Crippen LogP contribution in [-0.2, 0) is 11.0 Å². The van der Waals surface area contributed by atoms with Gasteiger partial charge in [-0.05, 0) is 12.1 Å². The van der Waals surface area contributed by atoms with Gasteiger partial charge in [0.25, 0.3) is 0 Å². The monoisotopic (exact) mass is 398 g/mol. The first-order valence-corrected chi connectivity index (χ1v) is 7.97. The normalized spacial score (nSPS) is 16.7. The standard InChI is InChI=1S/C17H14F4N4O3/c1-25-13(8-23-16(25)27)15(26)24-11-4-10(18)5-12(6-11)28-14-3-2-9(7-22-14)17(19,20)21/h2-7,13H,8H2,1H3,(H,23,27)(H,24,26). The molecule has 0 radical (unpaired) electrons. The zero-order valence-electron chi connectivity index (χ0n) is 14.4. The molecule has 2 N–H and O–H groups in total. The number of urea groups is 1. The van der Waals surface area contributed by atoms with Crippen LogP contribution in [0.4, 0.5) is 28.0 Å². The van der Waals surface area contributed by atoms with Gasteiger partial charge < -0.3 is 20.3 Å². The van der Waals surface area contributed by atoms with Crippen molar-refractivity contribution in [2.24, 2.45) is 0 Å². The van der Waals surface area contributed by atoms with E-state index in [9.17, 15) is 27.2 Å². The molecule has 1 aliphatic heterocycles. The van der Waals surface area contributed by atoms with Crippen LogP contribution in [0, 0.1) is 5.82 Å². The van der Waals surface area contributed by atoms with Gasteiger partial charge in [-0.3, -0.25) is 4.79 Å². The van der Waals surface area contributed by atoms with E-state index in [1.165, 1.54) is 18.0 Å². The lowest BCUT2D eigenvalue weighted by Gasteiger charge is -2.17. The maximum Gasteiger partial charge on any atom is 0.417 e. The predicted molar refractivity (Wildman–Crippen MR) is 89.3 cm³/mol. The first-order chi connectivity index (χ1) is 13.1. The van der Waals surface area contributed by atoms with Gasteiger partial charge in [0, 0.05) is 43.7 Å². The van der Waals surface area contributed by atoms with E-state index in [-0.39, 0.29) is 23.9 Å². The average Bonchev–Trinajstić information content (AvgIpc) is 2.93. The molecule has 0 spiro atoms. The molecule has 11 heteroatoms. The van der Waals surface area contributed by atoms with Crippen LogP contribution in [0.15, 0.2) is 36.5 Å². The number of alkyl halides is 3. The Morgan fingerprint density at radius 3 is 2.64 bits per heavy atom. The van der Waals surface area contributed by atoms with Crippen molar-refractivity contribution < 1.29 is 31.9 Å². The van der Waals surface area contributed by atoms with E-state index < -0.39 is 35.5 Å². The number of likely N-dealkylation sites (N-methyl/N-ethyl adjacent to an activating group) is 1. The number of hydrogen-bond donors (Lipinski definition) is 2. The van der Waals surface area contributed by atoms with Crippen LogP contribution in [0.2, 0.25) is 0 Å². The average molecular weight is 398 g/mol. The Hall–Kier alpha value is -3.37. The first kappa shape index (κ1) is 19.4. The smallest absolute Gasteiger partial charge is 0.417 e. The number of carbonyl (C=O) groups is 2. The Balaban J connectivity index is 1.73. The SMILES string of the molecule is CN1C(=O)NCC1C(=O)Nc1cc(F)cc(Oc2ccc(C(F)(F)F)cn2)c1. The first-order valence-electron chi connectivity index (χ1n) is 7.97. The molecule has 0 aliphatic carbocycles. The number of ether oxygens (including phenoxy) is 1. The lowest BCUT2D eigenvalue weighted by molar-refractivity contribution is -0.137. The van der Waals surface area contributed by atoms with Crippen LogP contribution < -0.4 is 15.4 Å². The summed E-state index contributed by atoms with van der Waals surface area (Å²) in [6, 6.07) is 3.91. The number of halogens is 4. The maximum atomic E-state index is 13.8. The summed E-state index contributed by atoms with van der Waals surface area (Å²) in [5, 5.41) is 4.96. The Morgan fingerprint density at radius 1 is 1.32 bits per heavy atom. The van der Waals surface area contributed by atoms with Crippen molar-refractivity contribution in [3.8, 4) is 11.6 Å². The minimum Gasteiger partial charge on any atom is -0.439 e. The molecule has 2 aromatic rings. The number of aromatic nitrogens is 1. The number of benzene rings is 1. The predicted octanol–water partition coefficient (Wildman–Crippen LogP) is 2.99. The number of pyridine rings is 1. The molecule has 7 nitrogen and oxygen atoms in total. The van der Waals surface area contributed by atoms with Crippen LogP contribution in [0.1, 0.15) is 5.56 Å². The molecule has 2 heterocycles. The molecule has 0 saturated carbocycles. The molecule has 3 amide bonds. The van der Waals surface area contributed by atoms with Crippen molar-refractivity contribution >= 4 is 17.6 Å². The molecule has 0 bridgehead atoms. The van der Waals surface area contributed by atoms with E-state index in [0.29, 0.717) is 6.20 Å². The molecule has 1 saturated heterocycles. The molecule has 148 valence electrons. The number of amides is 3. The van der Waals surface area contributed by atoms with Crippen LogP contribution >= 0.6 is 0 Å². The highest BCUT2D eigenvalue weighted by atomic mass is 19.4. The lowest BCUT2D eigenvalue weighted by Crippen LogP contribution is -2.40. The van der Waals surface area contributed by atoms with Crippen LogP contribution in [-0.4, -0.2) is 41.5 Å². The van der Waals surface area contributed by atoms with E-state index in [1.807, 2.05) is 0 Å². The molecule has 1 atom stereocenters. The Bertz CT molecular complexity index is 902.